The standard InChI is InChI=1S/C14H11Br2ClO2/c1-19-13-5-2-8(15)6-11(13)14(18)10-4-3-9(17)7-12(10)16/h2-7,14,18H,1H3. The number of hydrogen-bond donors (Lipinski definition) is 1. The largest absolute Gasteiger partial charge is 0.496 e. The number of ether oxygens (including phenoxy) is 1. The molecule has 2 aromatic rings. The lowest BCUT2D eigenvalue weighted by molar-refractivity contribution is 0.214. The molecule has 0 aliphatic rings. The summed E-state index contributed by atoms with van der Waals surface area (Å²) in [6.07, 6.45) is -0.793. The summed E-state index contributed by atoms with van der Waals surface area (Å²) in [6.45, 7) is 0. The highest BCUT2D eigenvalue weighted by atomic mass is 79.9. The van der Waals surface area contributed by atoms with Crippen LogP contribution in [0.4, 0.5) is 0 Å². The Kier molecular flexibility index (Phi) is 4.90. The zero-order valence-corrected chi connectivity index (χ0v) is 14.0. The second kappa shape index (κ2) is 6.27. The molecule has 5 heteroatoms. The molecule has 19 heavy (non-hydrogen) atoms. The van der Waals surface area contributed by atoms with E-state index < -0.39 is 6.10 Å². The first-order valence-corrected chi connectivity index (χ1v) is 7.45. The number of hydrogen-bond acceptors (Lipinski definition) is 2. The zero-order valence-electron chi connectivity index (χ0n) is 10.0. The lowest BCUT2D eigenvalue weighted by atomic mass is 10.0. The number of aliphatic hydroxyl groups is 1. The Labute approximate surface area is 133 Å². The Bertz CT molecular complexity index is 602. The highest BCUT2D eigenvalue weighted by Crippen LogP contribution is 2.36. The van der Waals surface area contributed by atoms with E-state index in [1.165, 1.54) is 0 Å². The first kappa shape index (κ1) is 14.9. The van der Waals surface area contributed by atoms with E-state index in [-0.39, 0.29) is 0 Å². The molecule has 0 fully saturated rings. The molecule has 0 spiro atoms. The molecule has 0 aliphatic heterocycles. The van der Waals surface area contributed by atoms with Crippen LogP contribution < -0.4 is 4.74 Å². The van der Waals surface area contributed by atoms with Crippen LogP contribution >= 0.6 is 43.5 Å². The van der Waals surface area contributed by atoms with Crippen molar-refractivity contribution in [3.05, 3.63) is 61.5 Å². The van der Waals surface area contributed by atoms with Gasteiger partial charge in [-0.25, -0.2) is 0 Å². The Morgan fingerprint density at radius 1 is 1.11 bits per heavy atom. The second-order valence-electron chi connectivity index (χ2n) is 3.95. The van der Waals surface area contributed by atoms with E-state index in [0.717, 1.165) is 14.5 Å². The van der Waals surface area contributed by atoms with Gasteiger partial charge in [-0.3, -0.25) is 0 Å². The molecule has 2 aromatic carbocycles. The molecule has 1 N–H and O–H groups in total. The average Bonchev–Trinajstić information content (AvgIpc) is 2.38. The average molecular weight is 407 g/mol. The van der Waals surface area contributed by atoms with E-state index in [0.29, 0.717) is 16.3 Å². The normalized spacial score (nSPS) is 12.3. The Morgan fingerprint density at radius 3 is 2.47 bits per heavy atom. The van der Waals surface area contributed by atoms with Crippen LogP contribution in [0, 0.1) is 0 Å². The van der Waals surface area contributed by atoms with Crippen molar-refractivity contribution in [2.24, 2.45) is 0 Å². The molecule has 0 saturated heterocycles. The Balaban J connectivity index is 2.49. The van der Waals surface area contributed by atoms with Gasteiger partial charge in [0, 0.05) is 19.5 Å². The minimum Gasteiger partial charge on any atom is -0.496 e. The van der Waals surface area contributed by atoms with Crippen LogP contribution in [0.15, 0.2) is 45.3 Å². The SMILES string of the molecule is COc1ccc(Br)cc1C(O)c1ccc(Cl)cc1Br. The molecule has 0 aromatic heterocycles. The predicted molar refractivity (Wildman–Crippen MR) is 83.9 cm³/mol. The molecule has 0 heterocycles. The maximum absolute atomic E-state index is 10.5. The van der Waals surface area contributed by atoms with Crippen molar-refractivity contribution in [3.8, 4) is 5.75 Å². The number of halogens is 3. The minimum atomic E-state index is -0.793. The van der Waals surface area contributed by atoms with E-state index in [9.17, 15) is 5.11 Å². The molecule has 100 valence electrons. The first-order valence-electron chi connectivity index (χ1n) is 5.49. The van der Waals surface area contributed by atoms with Crippen LogP contribution in [0.1, 0.15) is 17.2 Å². The first-order chi connectivity index (χ1) is 9.02. The van der Waals surface area contributed by atoms with Crippen molar-refractivity contribution in [2.75, 3.05) is 7.11 Å². The van der Waals surface area contributed by atoms with Gasteiger partial charge in [0.05, 0.1) is 7.11 Å². The van der Waals surface area contributed by atoms with Gasteiger partial charge in [0.15, 0.2) is 0 Å². The van der Waals surface area contributed by atoms with Crippen LogP contribution in [0.25, 0.3) is 0 Å². The third-order valence-corrected chi connectivity index (χ3v) is 4.16. The Hall–Kier alpha value is -0.550. The summed E-state index contributed by atoms with van der Waals surface area (Å²) in [5, 5.41) is 11.1. The summed E-state index contributed by atoms with van der Waals surface area (Å²) < 4.78 is 6.93. The van der Waals surface area contributed by atoms with Crippen molar-refractivity contribution in [1.29, 1.82) is 0 Å². The fourth-order valence-corrected chi connectivity index (χ4v) is 3.09. The summed E-state index contributed by atoms with van der Waals surface area (Å²) in [5.74, 6) is 0.637. The van der Waals surface area contributed by atoms with E-state index in [2.05, 4.69) is 31.9 Å². The van der Waals surface area contributed by atoms with Crippen LogP contribution in [0.5, 0.6) is 5.75 Å². The molecule has 1 unspecified atom stereocenters. The number of rotatable bonds is 3. The van der Waals surface area contributed by atoms with Crippen molar-refractivity contribution >= 4 is 43.5 Å². The topological polar surface area (TPSA) is 29.5 Å². The predicted octanol–water partition coefficient (Wildman–Crippen LogP) is 4.96. The highest BCUT2D eigenvalue weighted by Gasteiger charge is 2.18. The molecule has 1 atom stereocenters. The second-order valence-corrected chi connectivity index (χ2v) is 6.16. The van der Waals surface area contributed by atoms with Gasteiger partial charge in [0.1, 0.15) is 11.9 Å². The molecule has 0 aliphatic carbocycles. The van der Waals surface area contributed by atoms with E-state index in [1.54, 1.807) is 25.3 Å². The van der Waals surface area contributed by atoms with Gasteiger partial charge in [0.25, 0.3) is 0 Å². The number of aliphatic hydroxyl groups excluding tert-OH is 1. The lowest BCUT2D eigenvalue weighted by Gasteiger charge is -2.17. The molecule has 0 amide bonds. The molecule has 2 rings (SSSR count). The van der Waals surface area contributed by atoms with Gasteiger partial charge >= 0.3 is 0 Å². The summed E-state index contributed by atoms with van der Waals surface area (Å²) in [7, 11) is 1.58. The maximum Gasteiger partial charge on any atom is 0.125 e. The summed E-state index contributed by atoms with van der Waals surface area (Å²) in [6, 6.07) is 10.8. The highest BCUT2D eigenvalue weighted by molar-refractivity contribution is 9.10. The van der Waals surface area contributed by atoms with Crippen LogP contribution in [0.3, 0.4) is 0 Å². The van der Waals surface area contributed by atoms with Crippen molar-refractivity contribution in [2.45, 2.75) is 6.10 Å². The van der Waals surface area contributed by atoms with Gasteiger partial charge in [-0.05, 0) is 35.9 Å². The smallest absolute Gasteiger partial charge is 0.125 e. The van der Waals surface area contributed by atoms with Crippen molar-refractivity contribution < 1.29 is 9.84 Å². The zero-order chi connectivity index (χ0) is 14.0. The molecule has 0 radical (unpaired) electrons. The molecule has 0 bridgehead atoms. The molecule has 0 saturated carbocycles. The fourth-order valence-electron chi connectivity index (χ4n) is 1.81. The molecule has 2 nitrogen and oxygen atoms in total. The fraction of sp³-hybridized carbons (Fsp3) is 0.143. The van der Waals surface area contributed by atoms with Crippen LogP contribution in [-0.4, -0.2) is 12.2 Å². The molecular weight excluding hydrogens is 395 g/mol. The van der Waals surface area contributed by atoms with Crippen LogP contribution in [0.2, 0.25) is 5.02 Å². The maximum atomic E-state index is 10.5. The monoisotopic (exact) mass is 404 g/mol. The van der Waals surface area contributed by atoms with Crippen LogP contribution in [-0.2, 0) is 0 Å². The van der Waals surface area contributed by atoms with E-state index >= 15 is 0 Å². The molecular formula is C14H11Br2ClO2. The van der Waals surface area contributed by atoms with E-state index in [4.69, 9.17) is 16.3 Å². The van der Waals surface area contributed by atoms with Gasteiger partial charge in [0.2, 0.25) is 0 Å². The minimum absolute atomic E-state index is 0.615. The van der Waals surface area contributed by atoms with E-state index in [1.807, 2.05) is 18.2 Å². The third kappa shape index (κ3) is 3.31. The van der Waals surface area contributed by atoms with Gasteiger partial charge < -0.3 is 9.84 Å². The summed E-state index contributed by atoms with van der Waals surface area (Å²) in [4.78, 5) is 0. The third-order valence-electron chi connectivity index (χ3n) is 2.74. The van der Waals surface area contributed by atoms with Crippen molar-refractivity contribution in [3.63, 3.8) is 0 Å². The number of methoxy groups -OCH3 is 1. The number of benzene rings is 2. The lowest BCUT2D eigenvalue weighted by Crippen LogP contribution is -2.03. The van der Waals surface area contributed by atoms with Crippen molar-refractivity contribution in [1.82, 2.24) is 0 Å². The van der Waals surface area contributed by atoms with Gasteiger partial charge in [-0.15, -0.1) is 0 Å². The van der Waals surface area contributed by atoms with Gasteiger partial charge in [-0.2, -0.15) is 0 Å². The Morgan fingerprint density at radius 2 is 1.84 bits per heavy atom. The van der Waals surface area contributed by atoms with Gasteiger partial charge in [-0.1, -0.05) is 49.5 Å². The summed E-state index contributed by atoms with van der Waals surface area (Å²) >= 11 is 12.7. The summed E-state index contributed by atoms with van der Waals surface area (Å²) in [5.41, 5.74) is 1.43. The quantitative estimate of drug-likeness (QED) is 0.781.